The van der Waals surface area contributed by atoms with Gasteiger partial charge in [0.2, 0.25) is 0 Å². The van der Waals surface area contributed by atoms with Crippen LogP contribution in [0.25, 0.3) is 0 Å². The maximum atomic E-state index is 11.1. The number of aliphatic hydroxyl groups excluding tert-OH is 1. The zero-order valence-corrected chi connectivity index (χ0v) is 11.0. The Balaban J connectivity index is 1.94. The van der Waals surface area contributed by atoms with Crippen LogP contribution in [0.5, 0.6) is 0 Å². The minimum Gasteiger partial charge on any atom is -0.396 e. The summed E-state index contributed by atoms with van der Waals surface area (Å²) in [6.07, 6.45) is 6.26. The van der Waals surface area contributed by atoms with Gasteiger partial charge in [-0.15, -0.1) is 0 Å². The summed E-state index contributed by atoms with van der Waals surface area (Å²) < 4.78 is 0. The van der Waals surface area contributed by atoms with Gasteiger partial charge in [0.1, 0.15) is 5.69 Å². The van der Waals surface area contributed by atoms with Gasteiger partial charge in [0.05, 0.1) is 0 Å². The third-order valence-corrected chi connectivity index (χ3v) is 3.88. The number of hydrogen-bond acceptors (Lipinski definition) is 4. The maximum absolute atomic E-state index is 11.1. The van der Waals surface area contributed by atoms with E-state index in [0.29, 0.717) is 11.8 Å². The van der Waals surface area contributed by atoms with Crippen molar-refractivity contribution in [3.63, 3.8) is 0 Å². The van der Waals surface area contributed by atoms with Gasteiger partial charge in [-0.05, 0) is 36.8 Å². The Labute approximate surface area is 113 Å². The molecule has 0 saturated heterocycles. The Hall–Kier alpha value is -1.62. The van der Waals surface area contributed by atoms with E-state index in [0.717, 1.165) is 25.1 Å². The Bertz CT molecular complexity index is 436. The lowest BCUT2D eigenvalue weighted by Crippen LogP contribution is -2.28. The van der Waals surface area contributed by atoms with Gasteiger partial charge in [0.25, 0.3) is 5.91 Å². The highest BCUT2D eigenvalue weighted by molar-refractivity contribution is 5.91. The molecule has 4 N–H and O–H groups in total. The maximum Gasteiger partial charge on any atom is 0.267 e. The zero-order valence-electron chi connectivity index (χ0n) is 11.0. The van der Waals surface area contributed by atoms with E-state index in [2.05, 4.69) is 10.3 Å². The third kappa shape index (κ3) is 3.67. The molecule has 1 aliphatic carbocycles. The number of amides is 1. The molecule has 1 saturated carbocycles. The summed E-state index contributed by atoms with van der Waals surface area (Å²) in [5, 5.41) is 12.7. The fraction of sp³-hybridized carbons (Fsp3) is 0.571. The molecule has 0 bridgehead atoms. The number of hydrogen-bond donors (Lipinski definition) is 3. The molecular formula is C14H21N3O2. The van der Waals surface area contributed by atoms with Crippen LogP contribution in [0.3, 0.4) is 0 Å². The number of pyridine rings is 1. The molecule has 5 nitrogen and oxygen atoms in total. The van der Waals surface area contributed by atoms with Crippen molar-refractivity contribution in [2.45, 2.75) is 25.7 Å². The number of aliphatic hydroxyl groups is 1. The van der Waals surface area contributed by atoms with Crippen LogP contribution in [0.4, 0.5) is 5.69 Å². The van der Waals surface area contributed by atoms with Crippen molar-refractivity contribution < 1.29 is 9.90 Å². The average Bonchev–Trinajstić information content (AvgIpc) is 2.45. The summed E-state index contributed by atoms with van der Waals surface area (Å²) in [5.74, 6) is 0.359. The van der Waals surface area contributed by atoms with Crippen molar-refractivity contribution in [3.8, 4) is 0 Å². The molecule has 0 radical (unpaired) electrons. The first-order valence-corrected chi connectivity index (χ1v) is 6.81. The highest BCUT2D eigenvalue weighted by atomic mass is 16.3. The number of nitrogens with two attached hydrogens (primary N) is 1. The second-order valence-electron chi connectivity index (χ2n) is 5.16. The number of nitrogens with zero attached hydrogens (tertiary/aromatic N) is 1. The molecule has 2 atom stereocenters. The van der Waals surface area contributed by atoms with Crippen molar-refractivity contribution in [1.82, 2.24) is 4.98 Å². The van der Waals surface area contributed by atoms with Crippen molar-refractivity contribution in [2.24, 2.45) is 17.6 Å². The van der Waals surface area contributed by atoms with Crippen LogP contribution in [0.2, 0.25) is 0 Å². The van der Waals surface area contributed by atoms with E-state index in [9.17, 15) is 9.90 Å². The predicted molar refractivity (Wildman–Crippen MR) is 73.8 cm³/mol. The SMILES string of the molecule is NC(=O)c1cc(NCC2CCCCC2CO)ccn1. The molecule has 104 valence electrons. The van der Waals surface area contributed by atoms with Crippen LogP contribution in [0, 0.1) is 11.8 Å². The largest absolute Gasteiger partial charge is 0.396 e. The van der Waals surface area contributed by atoms with Gasteiger partial charge in [0.15, 0.2) is 0 Å². The summed E-state index contributed by atoms with van der Waals surface area (Å²) in [4.78, 5) is 15.0. The molecule has 2 rings (SSSR count). The van der Waals surface area contributed by atoms with E-state index in [1.807, 2.05) is 6.07 Å². The van der Waals surface area contributed by atoms with Gasteiger partial charge in [-0.1, -0.05) is 12.8 Å². The molecule has 1 fully saturated rings. The number of carbonyl (C=O) groups is 1. The summed E-state index contributed by atoms with van der Waals surface area (Å²) in [5.41, 5.74) is 6.33. The van der Waals surface area contributed by atoms with Crippen LogP contribution in [-0.2, 0) is 0 Å². The van der Waals surface area contributed by atoms with Gasteiger partial charge < -0.3 is 16.2 Å². The quantitative estimate of drug-likeness (QED) is 0.749. The number of anilines is 1. The summed E-state index contributed by atoms with van der Waals surface area (Å²) in [7, 11) is 0. The van der Waals surface area contributed by atoms with Crippen molar-refractivity contribution in [3.05, 3.63) is 24.0 Å². The first kappa shape index (κ1) is 13.8. The van der Waals surface area contributed by atoms with Crippen LogP contribution >= 0.6 is 0 Å². The normalized spacial score (nSPS) is 23.0. The lowest BCUT2D eigenvalue weighted by molar-refractivity contribution is 0.0995. The fourth-order valence-corrected chi connectivity index (χ4v) is 2.72. The van der Waals surface area contributed by atoms with Crippen molar-refractivity contribution in [2.75, 3.05) is 18.5 Å². The molecule has 0 spiro atoms. The van der Waals surface area contributed by atoms with Crippen LogP contribution in [-0.4, -0.2) is 29.1 Å². The summed E-state index contributed by atoms with van der Waals surface area (Å²) in [6, 6.07) is 3.49. The minimum absolute atomic E-state index is 0.259. The van der Waals surface area contributed by atoms with E-state index in [1.165, 1.54) is 12.8 Å². The van der Waals surface area contributed by atoms with Gasteiger partial charge in [-0.25, -0.2) is 0 Å². The molecule has 1 aromatic rings. The van der Waals surface area contributed by atoms with Gasteiger partial charge in [0, 0.05) is 25.0 Å². The van der Waals surface area contributed by atoms with Gasteiger partial charge >= 0.3 is 0 Å². The van der Waals surface area contributed by atoms with E-state index in [-0.39, 0.29) is 12.3 Å². The summed E-state index contributed by atoms with van der Waals surface area (Å²) in [6.45, 7) is 1.07. The molecule has 1 heterocycles. The van der Waals surface area contributed by atoms with E-state index < -0.39 is 5.91 Å². The second kappa shape index (κ2) is 6.52. The summed E-state index contributed by atoms with van der Waals surface area (Å²) >= 11 is 0. The van der Waals surface area contributed by atoms with Crippen LogP contribution in [0.15, 0.2) is 18.3 Å². The lowest BCUT2D eigenvalue weighted by atomic mass is 9.79. The molecular weight excluding hydrogens is 242 g/mol. The second-order valence-corrected chi connectivity index (χ2v) is 5.16. The number of rotatable bonds is 5. The standard InChI is InChI=1S/C14H21N3O2/c15-14(19)13-7-12(5-6-16-13)17-8-10-3-1-2-4-11(10)9-18/h5-7,10-11,18H,1-4,8-9H2,(H2,15,19)(H,16,17). The predicted octanol–water partition coefficient (Wildman–Crippen LogP) is 1.39. The molecule has 1 aromatic heterocycles. The Morgan fingerprint density at radius 1 is 1.42 bits per heavy atom. The van der Waals surface area contributed by atoms with Crippen molar-refractivity contribution >= 4 is 11.6 Å². The Morgan fingerprint density at radius 3 is 2.84 bits per heavy atom. The number of primary amides is 1. The van der Waals surface area contributed by atoms with Gasteiger partial charge in [-0.2, -0.15) is 0 Å². The minimum atomic E-state index is -0.519. The Morgan fingerprint density at radius 2 is 2.16 bits per heavy atom. The molecule has 19 heavy (non-hydrogen) atoms. The van der Waals surface area contributed by atoms with E-state index in [1.54, 1.807) is 12.3 Å². The molecule has 5 heteroatoms. The molecule has 1 aliphatic rings. The van der Waals surface area contributed by atoms with E-state index >= 15 is 0 Å². The lowest BCUT2D eigenvalue weighted by Gasteiger charge is -2.30. The Kier molecular flexibility index (Phi) is 4.74. The smallest absolute Gasteiger partial charge is 0.267 e. The molecule has 0 aliphatic heterocycles. The first-order chi connectivity index (χ1) is 9.20. The number of nitrogens with one attached hydrogen (secondary N) is 1. The molecule has 2 unspecified atom stereocenters. The first-order valence-electron chi connectivity index (χ1n) is 6.81. The monoisotopic (exact) mass is 263 g/mol. The van der Waals surface area contributed by atoms with Crippen molar-refractivity contribution in [1.29, 1.82) is 0 Å². The van der Waals surface area contributed by atoms with E-state index in [4.69, 9.17) is 5.73 Å². The van der Waals surface area contributed by atoms with Crippen LogP contribution < -0.4 is 11.1 Å². The molecule has 0 aromatic carbocycles. The number of carbonyl (C=O) groups excluding carboxylic acids is 1. The fourth-order valence-electron chi connectivity index (χ4n) is 2.72. The third-order valence-electron chi connectivity index (χ3n) is 3.88. The molecule has 1 amide bonds. The topological polar surface area (TPSA) is 88.2 Å². The highest BCUT2D eigenvalue weighted by Crippen LogP contribution is 2.29. The van der Waals surface area contributed by atoms with Crippen LogP contribution in [0.1, 0.15) is 36.2 Å². The average molecular weight is 263 g/mol. The van der Waals surface area contributed by atoms with Gasteiger partial charge in [-0.3, -0.25) is 9.78 Å². The number of aromatic nitrogens is 1. The highest BCUT2D eigenvalue weighted by Gasteiger charge is 2.24. The zero-order chi connectivity index (χ0) is 13.7.